The maximum Gasteiger partial charge on any atom is 0.230 e. The highest BCUT2D eigenvalue weighted by molar-refractivity contribution is 7.89. The van der Waals surface area contributed by atoms with Crippen LogP contribution in [0.4, 0.5) is 0 Å². The second kappa shape index (κ2) is 5.63. The van der Waals surface area contributed by atoms with Crippen LogP contribution >= 0.6 is 0 Å². The van der Waals surface area contributed by atoms with Gasteiger partial charge < -0.3 is 0 Å². The lowest BCUT2D eigenvalue weighted by Crippen LogP contribution is -2.33. The molecule has 0 N–H and O–H groups in total. The van der Waals surface area contributed by atoms with E-state index in [1.807, 2.05) is 6.07 Å². The zero-order chi connectivity index (χ0) is 13.8. The molecule has 0 radical (unpaired) electrons. The average molecular weight is 263 g/mol. The van der Waals surface area contributed by atoms with E-state index in [0.717, 1.165) is 4.31 Å². The predicted octanol–water partition coefficient (Wildman–Crippen LogP) is 1.23. The highest BCUT2D eigenvalue weighted by Gasteiger charge is 2.25. The van der Waals surface area contributed by atoms with E-state index < -0.39 is 15.3 Å². The Labute approximate surface area is 107 Å². The van der Waals surface area contributed by atoms with Crippen LogP contribution in [0.1, 0.15) is 18.1 Å². The monoisotopic (exact) mass is 263 g/mol. The van der Waals surface area contributed by atoms with Gasteiger partial charge in [0.2, 0.25) is 10.0 Å². The largest absolute Gasteiger partial charge is 0.230 e. The first-order valence-corrected chi connectivity index (χ1v) is 6.76. The van der Waals surface area contributed by atoms with Gasteiger partial charge in [0.25, 0.3) is 0 Å². The Morgan fingerprint density at radius 3 is 2.61 bits per heavy atom. The molecule has 0 spiro atoms. The van der Waals surface area contributed by atoms with Crippen LogP contribution in [-0.2, 0) is 16.6 Å². The van der Waals surface area contributed by atoms with Crippen molar-refractivity contribution in [2.45, 2.75) is 18.7 Å². The zero-order valence-electron chi connectivity index (χ0n) is 10.2. The van der Waals surface area contributed by atoms with Crippen molar-refractivity contribution in [1.29, 1.82) is 10.5 Å². The molecule has 6 heteroatoms. The fourth-order valence-corrected chi connectivity index (χ4v) is 2.42. The van der Waals surface area contributed by atoms with Crippen molar-refractivity contribution >= 4 is 10.0 Å². The number of sulfonamides is 1. The molecule has 1 rings (SSSR count). The minimum Gasteiger partial charge on any atom is -0.211 e. The molecular formula is C12H13N3O2S. The van der Waals surface area contributed by atoms with Crippen molar-refractivity contribution in [3.63, 3.8) is 0 Å². The number of nitrogens with zero attached hydrogens (tertiary/aromatic N) is 3. The fraction of sp³-hybridized carbons (Fsp3) is 0.333. The maximum absolute atomic E-state index is 11.9. The van der Waals surface area contributed by atoms with Gasteiger partial charge in [-0.3, -0.25) is 0 Å². The van der Waals surface area contributed by atoms with Gasteiger partial charge in [-0.25, -0.2) is 8.42 Å². The third-order valence-corrected chi connectivity index (χ3v) is 4.52. The Kier molecular flexibility index (Phi) is 4.43. The highest BCUT2D eigenvalue weighted by atomic mass is 32.2. The molecule has 0 aliphatic heterocycles. The van der Waals surface area contributed by atoms with Crippen LogP contribution < -0.4 is 0 Å². The lowest BCUT2D eigenvalue weighted by molar-refractivity contribution is 0.463. The third kappa shape index (κ3) is 3.07. The molecule has 0 aliphatic rings. The number of benzene rings is 1. The SMILES string of the molecule is CC(C#N)S(=O)(=O)N(C)Cc1cccc(C#N)c1. The molecule has 1 aromatic rings. The van der Waals surface area contributed by atoms with Crippen molar-refractivity contribution in [1.82, 2.24) is 4.31 Å². The summed E-state index contributed by atoms with van der Waals surface area (Å²) in [6.07, 6.45) is 0. The lowest BCUT2D eigenvalue weighted by Gasteiger charge is -2.18. The summed E-state index contributed by atoms with van der Waals surface area (Å²) in [6, 6.07) is 10.4. The van der Waals surface area contributed by atoms with Crippen LogP contribution in [0.15, 0.2) is 24.3 Å². The minimum absolute atomic E-state index is 0.143. The molecule has 18 heavy (non-hydrogen) atoms. The van der Waals surface area contributed by atoms with Crippen molar-refractivity contribution < 1.29 is 8.42 Å². The van der Waals surface area contributed by atoms with Crippen LogP contribution in [0.25, 0.3) is 0 Å². The maximum atomic E-state index is 11.9. The fourth-order valence-electron chi connectivity index (χ4n) is 1.42. The second-order valence-electron chi connectivity index (χ2n) is 3.88. The summed E-state index contributed by atoms with van der Waals surface area (Å²) in [5, 5.41) is 16.3. The van der Waals surface area contributed by atoms with Crippen molar-refractivity contribution in [3.05, 3.63) is 35.4 Å². The second-order valence-corrected chi connectivity index (χ2v) is 6.24. The normalized spacial score (nSPS) is 12.7. The van der Waals surface area contributed by atoms with E-state index in [-0.39, 0.29) is 6.54 Å². The van der Waals surface area contributed by atoms with Gasteiger partial charge in [-0.1, -0.05) is 12.1 Å². The zero-order valence-corrected chi connectivity index (χ0v) is 11.0. The molecule has 0 amide bonds. The van der Waals surface area contributed by atoms with E-state index in [9.17, 15) is 8.42 Å². The molecule has 0 fully saturated rings. The molecule has 1 aromatic carbocycles. The van der Waals surface area contributed by atoms with E-state index in [2.05, 4.69) is 0 Å². The van der Waals surface area contributed by atoms with Gasteiger partial charge in [-0.05, 0) is 24.6 Å². The molecule has 0 bridgehead atoms. The Morgan fingerprint density at radius 2 is 2.06 bits per heavy atom. The Hall–Kier alpha value is -1.89. The number of hydrogen-bond donors (Lipinski definition) is 0. The van der Waals surface area contributed by atoms with Crippen LogP contribution in [0, 0.1) is 22.7 Å². The molecule has 0 saturated heterocycles. The van der Waals surface area contributed by atoms with Gasteiger partial charge in [-0.2, -0.15) is 14.8 Å². The van der Waals surface area contributed by atoms with Crippen LogP contribution in [-0.4, -0.2) is 25.0 Å². The quantitative estimate of drug-likeness (QED) is 0.817. The predicted molar refractivity (Wildman–Crippen MR) is 66.6 cm³/mol. The molecule has 1 atom stereocenters. The van der Waals surface area contributed by atoms with E-state index in [0.29, 0.717) is 11.1 Å². The first kappa shape index (κ1) is 14.2. The average Bonchev–Trinajstić information content (AvgIpc) is 2.37. The first-order valence-electron chi connectivity index (χ1n) is 5.25. The van der Waals surface area contributed by atoms with E-state index in [1.54, 1.807) is 30.3 Å². The Balaban J connectivity index is 2.92. The molecule has 94 valence electrons. The van der Waals surface area contributed by atoms with Gasteiger partial charge >= 0.3 is 0 Å². The van der Waals surface area contributed by atoms with Gasteiger partial charge in [0.15, 0.2) is 5.25 Å². The van der Waals surface area contributed by atoms with Crippen molar-refractivity contribution in [3.8, 4) is 12.1 Å². The summed E-state index contributed by atoms with van der Waals surface area (Å²) in [5.41, 5.74) is 1.19. The van der Waals surface area contributed by atoms with Gasteiger partial charge in [0, 0.05) is 13.6 Å². The third-order valence-electron chi connectivity index (χ3n) is 2.52. The van der Waals surface area contributed by atoms with Gasteiger partial charge in [-0.15, -0.1) is 0 Å². The van der Waals surface area contributed by atoms with Gasteiger partial charge in [0.05, 0.1) is 17.7 Å². The summed E-state index contributed by atoms with van der Waals surface area (Å²) < 4.78 is 24.8. The summed E-state index contributed by atoms with van der Waals surface area (Å²) >= 11 is 0. The van der Waals surface area contributed by atoms with E-state index >= 15 is 0 Å². The molecule has 0 aliphatic carbocycles. The minimum atomic E-state index is -3.62. The lowest BCUT2D eigenvalue weighted by atomic mass is 10.1. The topological polar surface area (TPSA) is 85.0 Å². The molecule has 0 heterocycles. The number of rotatable bonds is 4. The highest BCUT2D eigenvalue weighted by Crippen LogP contribution is 2.12. The molecule has 1 unspecified atom stereocenters. The molecule has 5 nitrogen and oxygen atoms in total. The molecule has 0 saturated carbocycles. The van der Waals surface area contributed by atoms with Gasteiger partial charge in [0.1, 0.15) is 0 Å². The van der Waals surface area contributed by atoms with Crippen LogP contribution in [0.2, 0.25) is 0 Å². The van der Waals surface area contributed by atoms with Crippen molar-refractivity contribution in [2.75, 3.05) is 7.05 Å². The van der Waals surface area contributed by atoms with E-state index in [1.165, 1.54) is 14.0 Å². The summed E-state index contributed by atoms with van der Waals surface area (Å²) in [4.78, 5) is 0. The molecule has 0 aromatic heterocycles. The number of hydrogen-bond acceptors (Lipinski definition) is 4. The standard InChI is InChI=1S/C12H13N3O2S/c1-10(7-13)18(16,17)15(2)9-12-5-3-4-11(6-12)8-14/h3-6,10H,9H2,1-2H3. The van der Waals surface area contributed by atoms with Crippen LogP contribution in [0.5, 0.6) is 0 Å². The van der Waals surface area contributed by atoms with Crippen molar-refractivity contribution in [2.24, 2.45) is 0 Å². The molecular weight excluding hydrogens is 250 g/mol. The smallest absolute Gasteiger partial charge is 0.211 e. The van der Waals surface area contributed by atoms with Crippen LogP contribution in [0.3, 0.4) is 0 Å². The number of nitriles is 2. The summed E-state index contributed by atoms with van der Waals surface area (Å²) in [6.45, 7) is 1.49. The summed E-state index contributed by atoms with van der Waals surface area (Å²) in [7, 11) is -2.20. The van der Waals surface area contributed by atoms with E-state index in [4.69, 9.17) is 10.5 Å². The Bertz CT molecular complexity index is 611. The summed E-state index contributed by atoms with van der Waals surface area (Å²) in [5.74, 6) is 0. The first-order chi connectivity index (χ1) is 8.41. The Morgan fingerprint density at radius 1 is 1.39 bits per heavy atom.